The van der Waals surface area contributed by atoms with Crippen molar-refractivity contribution in [2.75, 3.05) is 5.32 Å². The summed E-state index contributed by atoms with van der Waals surface area (Å²) in [5, 5.41) is 8.60. The molecule has 20 heavy (non-hydrogen) atoms. The summed E-state index contributed by atoms with van der Waals surface area (Å²) < 4.78 is 1.95. The molecule has 0 amide bonds. The lowest BCUT2D eigenvalue weighted by Crippen LogP contribution is -2.08. The standard InChI is InChI=1S/C16H22ClN3/c1-5-20-15(16(17)12(4)19-20)10-18-14-8-6-13(7-9-14)11(2)3/h6-9,11,18H,5,10H2,1-4H3. The second-order valence-electron chi connectivity index (χ2n) is 5.29. The Hall–Kier alpha value is -1.48. The summed E-state index contributed by atoms with van der Waals surface area (Å²) in [4.78, 5) is 0. The minimum atomic E-state index is 0.558. The molecular weight excluding hydrogens is 270 g/mol. The van der Waals surface area contributed by atoms with E-state index in [-0.39, 0.29) is 0 Å². The van der Waals surface area contributed by atoms with Crippen LogP contribution in [0.15, 0.2) is 24.3 Å². The SMILES string of the molecule is CCn1nc(C)c(Cl)c1CNc1ccc(C(C)C)cc1. The fourth-order valence-corrected chi connectivity index (χ4v) is 2.41. The maximum absolute atomic E-state index is 6.30. The monoisotopic (exact) mass is 291 g/mol. The van der Waals surface area contributed by atoms with Crippen molar-refractivity contribution >= 4 is 17.3 Å². The fourth-order valence-electron chi connectivity index (χ4n) is 2.21. The van der Waals surface area contributed by atoms with Crippen molar-refractivity contribution in [1.82, 2.24) is 9.78 Å². The summed E-state index contributed by atoms with van der Waals surface area (Å²) in [6.07, 6.45) is 0. The maximum Gasteiger partial charge on any atom is 0.0865 e. The Bertz CT molecular complexity index is 570. The second kappa shape index (κ2) is 6.31. The highest BCUT2D eigenvalue weighted by molar-refractivity contribution is 6.31. The summed E-state index contributed by atoms with van der Waals surface area (Å²) in [5.41, 5.74) is 4.38. The molecule has 2 aromatic rings. The van der Waals surface area contributed by atoms with Gasteiger partial charge in [-0.2, -0.15) is 5.10 Å². The largest absolute Gasteiger partial charge is 0.379 e. The van der Waals surface area contributed by atoms with Gasteiger partial charge in [0, 0.05) is 12.2 Å². The first kappa shape index (κ1) is 14.9. The third-order valence-electron chi connectivity index (χ3n) is 3.49. The van der Waals surface area contributed by atoms with Crippen LogP contribution in [-0.4, -0.2) is 9.78 Å². The van der Waals surface area contributed by atoms with Gasteiger partial charge in [0.05, 0.1) is 23.0 Å². The van der Waals surface area contributed by atoms with E-state index in [0.717, 1.165) is 28.6 Å². The molecule has 0 unspecified atom stereocenters. The Kier molecular flexibility index (Phi) is 4.71. The molecule has 0 aliphatic rings. The number of nitrogens with one attached hydrogen (secondary N) is 1. The summed E-state index contributed by atoms with van der Waals surface area (Å²) in [7, 11) is 0. The number of aromatic nitrogens is 2. The molecule has 0 radical (unpaired) electrons. The van der Waals surface area contributed by atoms with Crippen molar-refractivity contribution < 1.29 is 0 Å². The van der Waals surface area contributed by atoms with E-state index in [1.807, 2.05) is 11.6 Å². The number of aryl methyl sites for hydroxylation is 2. The van der Waals surface area contributed by atoms with E-state index in [1.165, 1.54) is 5.56 Å². The number of nitrogens with zero attached hydrogens (tertiary/aromatic N) is 2. The van der Waals surface area contributed by atoms with Gasteiger partial charge in [0.15, 0.2) is 0 Å². The fraction of sp³-hybridized carbons (Fsp3) is 0.438. The molecule has 3 nitrogen and oxygen atoms in total. The van der Waals surface area contributed by atoms with Crippen LogP contribution in [0.2, 0.25) is 5.02 Å². The van der Waals surface area contributed by atoms with Gasteiger partial charge < -0.3 is 5.32 Å². The molecule has 2 rings (SSSR count). The first-order valence-electron chi connectivity index (χ1n) is 7.08. The van der Waals surface area contributed by atoms with E-state index in [2.05, 4.69) is 55.5 Å². The zero-order valence-corrected chi connectivity index (χ0v) is 13.3. The van der Waals surface area contributed by atoms with E-state index >= 15 is 0 Å². The average molecular weight is 292 g/mol. The molecule has 1 N–H and O–H groups in total. The Morgan fingerprint density at radius 2 is 1.90 bits per heavy atom. The van der Waals surface area contributed by atoms with Crippen LogP contribution < -0.4 is 5.32 Å². The minimum Gasteiger partial charge on any atom is -0.379 e. The van der Waals surface area contributed by atoms with Crippen LogP contribution in [0.5, 0.6) is 0 Å². The zero-order valence-electron chi connectivity index (χ0n) is 12.6. The molecule has 0 aliphatic heterocycles. The topological polar surface area (TPSA) is 29.9 Å². The third kappa shape index (κ3) is 3.15. The molecule has 0 aliphatic carbocycles. The van der Waals surface area contributed by atoms with Crippen molar-refractivity contribution in [3.63, 3.8) is 0 Å². The minimum absolute atomic E-state index is 0.558. The molecule has 108 valence electrons. The molecular formula is C16H22ClN3. The lowest BCUT2D eigenvalue weighted by Gasteiger charge is -2.10. The summed E-state index contributed by atoms with van der Waals surface area (Å²) in [6, 6.07) is 8.56. The molecule has 0 atom stereocenters. The molecule has 4 heteroatoms. The van der Waals surface area contributed by atoms with Gasteiger partial charge in [-0.3, -0.25) is 4.68 Å². The van der Waals surface area contributed by atoms with Gasteiger partial charge in [-0.1, -0.05) is 37.6 Å². The highest BCUT2D eigenvalue weighted by Gasteiger charge is 2.11. The van der Waals surface area contributed by atoms with Gasteiger partial charge in [-0.25, -0.2) is 0 Å². The lowest BCUT2D eigenvalue weighted by atomic mass is 10.0. The van der Waals surface area contributed by atoms with Crippen molar-refractivity contribution in [2.45, 2.75) is 46.7 Å². The lowest BCUT2D eigenvalue weighted by molar-refractivity contribution is 0.623. The van der Waals surface area contributed by atoms with Crippen LogP contribution in [0.4, 0.5) is 5.69 Å². The third-order valence-corrected chi connectivity index (χ3v) is 3.98. The molecule has 0 saturated carbocycles. The number of halogens is 1. The van der Waals surface area contributed by atoms with Gasteiger partial charge in [0.25, 0.3) is 0 Å². The van der Waals surface area contributed by atoms with E-state index < -0.39 is 0 Å². The Balaban J connectivity index is 2.09. The van der Waals surface area contributed by atoms with Crippen molar-refractivity contribution in [2.24, 2.45) is 0 Å². The van der Waals surface area contributed by atoms with E-state index in [9.17, 15) is 0 Å². The molecule has 0 saturated heterocycles. The summed E-state index contributed by atoms with van der Waals surface area (Å²) in [5.74, 6) is 0.558. The number of benzene rings is 1. The van der Waals surface area contributed by atoms with Crippen LogP contribution in [0.3, 0.4) is 0 Å². The van der Waals surface area contributed by atoms with Crippen molar-refractivity contribution in [1.29, 1.82) is 0 Å². The van der Waals surface area contributed by atoms with Gasteiger partial charge in [0.2, 0.25) is 0 Å². The average Bonchev–Trinajstić information content (AvgIpc) is 2.72. The van der Waals surface area contributed by atoms with Crippen molar-refractivity contribution in [3.8, 4) is 0 Å². The first-order valence-corrected chi connectivity index (χ1v) is 7.46. The first-order chi connectivity index (χ1) is 9.52. The van der Waals surface area contributed by atoms with Gasteiger partial charge in [-0.15, -0.1) is 0 Å². The number of rotatable bonds is 5. The highest BCUT2D eigenvalue weighted by Crippen LogP contribution is 2.22. The van der Waals surface area contributed by atoms with Gasteiger partial charge in [-0.05, 0) is 37.5 Å². The van der Waals surface area contributed by atoms with E-state index in [4.69, 9.17) is 11.6 Å². The molecule has 0 fully saturated rings. The van der Waals surface area contributed by atoms with E-state index in [0.29, 0.717) is 12.5 Å². The van der Waals surface area contributed by atoms with Gasteiger partial charge in [0.1, 0.15) is 0 Å². The van der Waals surface area contributed by atoms with Crippen LogP contribution in [0, 0.1) is 6.92 Å². The van der Waals surface area contributed by atoms with Crippen molar-refractivity contribution in [3.05, 3.63) is 46.2 Å². The van der Waals surface area contributed by atoms with Crippen LogP contribution in [0.1, 0.15) is 43.6 Å². The Morgan fingerprint density at radius 1 is 1.25 bits per heavy atom. The smallest absolute Gasteiger partial charge is 0.0865 e. The number of hydrogen-bond acceptors (Lipinski definition) is 2. The molecule has 1 aromatic heterocycles. The maximum atomic E-state index is 6.30. The molecule has 1 aromatic carbocycles. The number of anilines is 1. The van der Waals surface area contributed by atoms with Gasteiger partial charge >= 0.3 is 0 Å². The van der Waals surface area contributed by atoms with Crippen LogP contribution in [-0.2, 0) is 13.1 Å². The van der Waals surface area contributed by atoms with E-state index in [1.54, 1.807) is 0 Å². The number of hydrogen-bond donors (Lipinski definition) is 1. The Morgan fingerprint density at radius 3 is 2.45 bits per heavy atom. The highest BCUT2D eigenvalue weighted by atomic mass is 35.5. The molecule has 0 spiro atoms. The quantitative estimate of drug-likeness (QED) is 0.872. The Labute approximate surface area is 126 Å². The predicted molar refractivity (Wildman–Crippen MR) is 85.5 cm³/mol. The zero-order chi connectivity index (χ0) is 14.7. The summed E-state index contributed by atoms with van der Waals surface area (Å²) >= 11 is 6.30. The predicted octanol–water partition coefficient (Wildman–Crippen LogP) is 4.60. The normalized spacial score (nSPS) is 11.1. The molecule has 0 bridgehead atoms. The summed E-state index contributed by atoms with van der Waals surface area (Å²) in [6.45, 7) is 9.93. The van der Waals surface area contributed by atoms with Crippen LogP contribution >= 0.6 is 11.6 Å². The molecule has 1 heterocycles. The second-order valence-corrected chi connectivity index (χ2v) is 5.67. The van der Waals surface area contributed by atoms with Crippen LogP contribution in [0.25, 0.3) is 0 Å².